The molecule has 0 atom stereocenters. The lowest BCUT2D eigenvalue weighted by molar-refractivity contribution is -0.137. The van der Waals surface area contributed by atoms with E-state index in [1.807, 2.05) is 13.0 Å². The Balaban J connectivity index is 1.86. The summed E-state index contributed by atoms with van der Waals surface area (Å²) in [5, 5.41) is 6.69. The number of anilines is 2. The van der Waals surface area contributed by atoms with Crippen LogP contribution in [0.2, 0.25) is 0 Å². The van der Waals surface area contributed by atoms with Crippen LogP contribution in [0.1, 0.15) is 11.1 Å². The lowest BCUT2D eigenvalue weighted by Crippen LogP contribution is -2.39. The van der Waals surface area contributed by atoms with Crippen molar-refractivity contribution in [1.29, 1.82) is 0 Å². The third-order valence-corrected chi connectivity index (χ3v) is 3.37. The Labute approximate surface area is 152 Å². The molecule has 3 amide bonds. The lowest BCUT2D eigenvalue weighted by atomic mass is 10.2. The first-order chi connectivity index (χ1) is 12.6. The molecule has 2 aromatic carbocycles. The quantitative estimate of drug-likeness (QED) is 0.714. The van der Waals surface area contributed by atoms with Gasteiger partial charge < -0.3 is 16.0 Å². The summed E-state index contributed by atoms with van der Waals surface area (Å²) in [5.41, 5.74) is 0.312. The standard InChI is InChI=1S/C18H16F3N3O3/c1-11-4-2-6-13(8-11)24-17(27)16(26)22-10-15(25)23-14-7-3-5-12(9-14)18(19,20)21/h2-9H,10H2,1H3,(H,22,26)(H,23,25)(H,24,27). The number of carbonyl (C=O) groups is 3. The minimum atomic E-state index is -4.54. The maximum atomic E-state index is 12.6. The van der Waals surface area contributed by atoms with E-state index in [9.17, 15) is 27.6 Å². The second kappa shape index (κ2) is 8.35. The second-order valence-electron chi connectivity index (χ2n) is 5.63. The number of benzene rings is 2. The summed E-state index contributed by atoms with van der Waals surface area (Å²) >= 11 is 0. The first-order valence-corrected chi connectivity index (χ1v) is 7.78. The summed E-state index contributed by atoms with van der Waals surface area (Å²) in [6.45, 7) is 1.24. The van der Waals surface area contributed by atoms with Crippen LogP contribution in [0.5, 0.6) is 0 Å². The van der Waals surface area contributed by atoms with Crippen LogP contribution < -0.4 is 16.0 Å². The maximum Gasteiger partial charge on any atom is 0.416 e. The highest BCUT2D eigenvalue weighted by atomic mass is 19.4. The van der Waals surface area contributed by atoms with E-state index in [2.05, 4.69) is 16.0 Å². The summed E-state index contributed by atoms with van der Waals surface area (Å²) in [7, 11) is 0. The third-order valence-electron chi connectivity index (χ3n) is 3.37. The molecule has 27 heavy (non-hydrogen) atoms. The molecule has 0 spiro atoms. The number of hydrogen-bond acceptors (Lipinski definition) is 3. The number of nitrogens with one attached hydrogen (secondary N) is 3. The molecule has 142 valence electrons. The van der Waals surface area contributed by atoms with Gasteiger partial charge in [0, 0.05) is 11.4 Å². The number of amides is 3. The van der Waals surface area contributed by atoms with Crippen molar-refractivity contribution in [2.75, 3.05) is 17.2 Å². The summed E-state index contributed by atoms with van der Waals surface area (Å²) in [4.78, 5) is 35.3. The van der Waals surface area contributed by atoms with Gasteiger partial charge in [-0.25, -0.2) is 0 Å². The normalized spacial score (nSPS) is 10.8. The highest BCUT2D eigenvalue weighted by Crippen LogP contribution is 2.30. The molecule has 0 fully saturated rings. The number of rotatable bonds is 4. The molecule has 2 rings (SSSR count). The molecule has 3 N–H and O–H groups in total. The molecule has 6 nitrogen and oxygen atoms in total. The number of hydrogen-bond donors (Lipinski definition) is 3. The SMILES string of the molecule is Cc1cccc(NC(=O)C(=O)NCC(=O)Nc2cccc(C(F)(F)F)c2)c1. The molecule has 0 radical (unpaired) electrons. The molecule has 0 bridgehead atoms. The van der Waals surface area contributed by atoms with Gasteiger partial charge in [0.15, 0.2) is 0 Å². The van der Waals surface area contributed by atoms with Crippen molar-refractivity contribution in [1.82, 2.24) is 5.32 Å². The van der Waals surface area contributed by atoms with Crippen LogP contribution in [0, 0.1) is 6.92 Å². The van der Waals surface area contributed by atoms with Gasteiger partial charge in [0.2, 0.25) is 5.91 Å². The summed E-state index contributed by atoms with van der Waals surface area (Å²) in [5.74, 6) is -2.78. The molecule has 0 unspecified atom stereocenters. The van der Waals surface area contributed by atoms with Crippen molar-refractivity contribution < 1.29 is 27.6 Å². The van der Waals surface area contributed by atoms with E-state index in [1.54, 1.807) is 18.2 Å². The minimum absolute atomic E-state index is 0.0757. The van der Waals surface area contributed by atoms with Crippen LogP contribution in [-0.4, -0.2) is 24.3 Å². The maximum absolute atomic E-state index is 12.6. The monoisotopic (exact) mass is 379 g/mol. The van der Waals surface area contributed by atoms with Crippen molar-refractivity contribution >= 4 is 29.1 Å². The molecule has 0 saturated carbocycles. The van der Waals surface area contributed by atoms with Gasteiger partial charge in [0.05, 0.1) is 12.1 Å². The Morgan fingerprint density at radius 3 is 2.15 bits per heavy atom. The van der Waals surface area contributed by atoms with E-state index in [1.165, 1.54) is 6.07 Å². The summed E-state index contributed by atoms with van der Waals surface area (Å²) in [6.07, 6.45) is -4.54. The molecule has 9 heteroatoms. The average Bonchev–Trinajstić information content (AvgIpc) is 2.59. The molecule has 0 aromatic heterocycles. The van der Waals surface area contributed by atoms with E-state index < -0.39 is 36.0 Å². The van der Waals surface area contributed by atoms with E-state index in [0.717, 1.165) is 23.8 Å². The summed E-state index contributed by atoms with van der Waals surface area (Å²) in [6, 6.07) is 10.8. The zero-order chi connectivity index (χ0) is 20.0. The van der Waals surface area contributed by atoms with Crippen LogP contribution in [0.15, 0.2) is 48.5 Å². The van der Waals surface area contributed by atoms with Gasteiger partial charge in [-0.3, -0.25) is 14.4 Å². The van der Waals surface area contributed by atoms with Crippen LogP contribution in [-0.2, 0) is 20.6 Å². The Hall–Kier alpha value is -3.36. The Morgan fingerprint density at radius 2 is 1.52 bits per heavy atom. The Morgan fingerprint density at radius 1 is 0.889 bits per heavy atom. The lowest BCUT2D eigenvalue weighted by Gasteiger charge is -2.10. The second-order valence-corrected chi connectivity index (χ2v) is 5.63. The molecule has 0 aliphatic carbocycles. The van der Waals surface area contributed by atoms with E-state index in [0.29, 0.717) is 5.69 Å². The van der Waals surface area contributed by atoms with Crippen molar-refractivity contribution in [3.05, 3.63) is 59.7 Å². The van der Waals surface area contributed by atoms with Crippen LogP contribution in [0.4, 0.5) is 24.5 Å². The van der Waals surface area contributed by atoms with Gasteiger partial charge >= 0.3 is 18.0 Å². The smallest absolute Gasteiger partial charge is 0.339 e. The Kier molecular flexibility index (Phi) is 6.17. The highest BCUT2D eigenvalue weighted by Gasteiger charge is 2.30. The van der Waals surface area contributed by atoms with E-state index >= 15 is 0 Å². The molecular weight excluding hydrogens is 363 g/mol. The molecule has 0 heterocycles. The van der Waals surface area contributed by atoms with E-state index in [4.69, 9.17) is 0 Å². The fraction of sp³-hybridized carbons (Fsp3) is 0.167. The van der Waals surface area contributed by atoms with Gasteiger partial charge in [-0.05, 0) is 42.8 Å². The zero-order valence-electron chi connectivity index (χ0n) is 14.2. The van der Waals surface area contributed by atoms with Gasteiger partial charge in [-0.15, -0.1) is 0 Å². The number of aryl methyl sites for hydroxylation is 1. The van der Waals surface area contributed by atoms with Crippen LogP contribution in [0.25, 0.3) is 0 Å². The molecule has 0 saturated heterocycles. The molecule has 0 aliphatic rings. The number of carbonyl (C=O) groups excluding carboxylic acids is 3. The van der Waals surface area contributed by atoms with Crippen LogP contribution >= 0.6 is 0 Å². The highest BCUT2D eigenvalue weighted by molar-refractivity contribution is 6.39. The first kappa shape index (κ1) is 20.0. The first-order valence-electron chi connectivity index (χ1n) is 7.78. The van der Waals surface area contributed by atoms with E-state index in [-0.39, 0.29) is 5.69 Å². The fourth-order valence-electron chi connectivity index (χ4n) is 2.13. The molecule has 0 aliphatic heterocycles. The van der Waals surface area contributed by atoms with Crippen molar-refractivity contribution in [3.8, 4) is 0 Å². The van der Waals surface area contributed by atoms with Gasteiger partial charge in [-0.1, -0.05) is 18.2 Å². The minimum Gasteiger partial charge on any atom is -0.339 e. The van der Waals surface area contributed by atoms with Gasteiger partial charge in [0.25, 0.3) is 0 Å². The largest absolute Gasteiger partial charge is 0.416 e. The van der Waals surface area contributed by atoms with Crippen LogP contribution in [0.3, 0.4) is 0 Å². The van der Waals surface area contributed by atoms with Crippen molar-refractivity contribution in [2.24, 2.45) is 0 Å². The molecule has 2 aromatic rings. The zero-order valence-corrected chi connectivity index (χ0v) is 14.2. The summed E-state index contributed by atoms with van der Waals surface area (Å²) < 4.78 is 37.9. The van der Waals surface area contributed by atoms with Gasteiger partial charge in [0.1, 0.15) is 0 Å². The number of halogens is 3. The predicted molar refractivity (Wildman–Crippen MR) is 92.9 cm³/mol. The molecular formula is C18H16F3N3O3. The average molecular weight is 379 g/mol. The Bertz CT molecular complexity index is 866. The van der Waals surface area contributed by atoms with Crippen molar-refractivity contribution in [2.45, 2.75) is 13.1 Å². The topological polar surface area (TPSA) is 87.3 Å². The third kappa shape index (κ3) is 6.14. The predicted octanol–water partition coefficient (Wildman–Crippen LogP) is 2.71. The van der Waals surface area contributed by atoms with Crippen molar-refractivity contribution in [3.63, 3.8) is 0 Å². The number of alkyl halides is 3. The van der Waals surface area contributed by atoms with Gasteiger partial charge in [-0.2, -0.15) is 13.2 Å². The fourth-order valence-corrected chi connectivity index (χ4v) is 2.13.